The molecule has 3 rings (SSSR count). The average molecular weight is 204 g/mol. The zero-order valence-electron chi connectivity index (χ0n) is 8.88. The Morgan fingerprint density at radius 1 is 1.53 bits per heavy atom. The molecule has 1 heterocycles. The van der Waals surface area contributed by atoms with Gasteiger partial charge in [0.15, 0.2) is 0 Å². The maximum Gasteiger partial charge on any atom is 0.105 e. The van der Waals surface area contributed by atoms with Crippen LogP contribution in [0.2, 0.25) is 0 Å². The Bertz CT molecular complexity index is 389. The second kappa shape index (κ2) is 2.85. The number of aliphatic imine (C=N–C) groups is 1. The van der Waals surface area contributed by atoms with E-state index < -0.39 is 0 Å². The monoisotopic (exact) mass is 204 g/mol. The lowest BCUT2D eigenvalue weighted by molar-refractivity contribution is 0.527. The SMILES string of the molecule is CC12CC(NN)=CC=C1NC(C1CC1)=N2. The molecule has 1 atom stereocenters. The molecule has 0 aromatic carbocycles. The summed E-state index contributed by atoms with van der Waals surface area (Å²) in [5.74, 6) is 7.29. The van der Waals surface area contributed by atoms with Gasteiger partial charge in [0.25, 0.3) is 0 Å². The predicted molar refractivity (Wildman–Crippen MR) is 59.8 cm³/mol. The normalized spacial score (nSPS) is 33.6. The molecule has 0 spiro atoms. The number of hydrogen-bond acceptors (Lipinski definition) is 4. The quantitative estimate of drug-likeness (QED) is 0.460. The van der Waals surface area contributed by atoms with Gasteiger partial charge in [-0.05, 0) is 31.9 Å². The predicted octanol–water partition coefficient (Wildman–Crippen LogP) is 0.792. The lowest BCUT2D eigenvalue weighted by Crippen LogP contribution is -2.34. The van der Waals surface area contributed by atoms with Gasteiger partial charge in [0.1, 0.15) is 11.4 Å². The Hall–Kier alpha value is -1.29. The highest BCUT2D eigenvalue weighted by Crippen LogP contribution is 2.39. The molecule has 0 aromatic rings. The topological polar surface area (TPSA) is 62.4 Å². The molecule has 4 heteroatoms. The van der Waals surface area contributed by atoms with Crippen LogP contribution in [-0.2, 0) is 0 Å². The molecule has 1 saturated carbocycles. The Morgan fingerprint density at radius 3 is 3.00 bits per heavy atom. The van der Waals surface area contributed by atoms with E-state index in [1.807, 2.05) is 6.08 Å². The zero-order valence-corrected chi connectivity index (χ0v) is 8.88. The summed E-state index contributed by atoms with van der Waals surface area (Å²) in [5.41, 5.74) is 4.86. The van der Waals surface area contributed by atoms with E-state index in [-0.39, 0.29) is 5.54 Å². The van der Waals surface area contributed by atoms with Crippen LogP contribution in [0.1, 0.15) is 26.2 Å². The van der Waals surface area contributed by atoms with E-state index in [4.69, 9.17) is 10.8 Å². The summed E-state index contributed by atoms with van der Waals surface area (Å²) in [4.78, 5) is 4.80. The molecule has 0 bridgehead atoms. The van der Waals surface area contributed by atoms with Gasteiger partial charge >= 0.3 is 0 Å². The van der Waals surface area contributed by atoms with Crippen molar-refractivity contribution in [3.8, 4) is 0 Å². The highest BCUT2D eigenvalue weighted by molar-refractivity contribution is 5.91. The van der Waals surface area contributed by atoms with Crippen LogP contribution in [-0.4, -0.2) is 11.4 Å². The van der Waals surface area contributed by atoms with E-state index in [0.29, 0.717) is 5.92 Å². The maximum absolute atomic E-state index is 5.44. The van der Waals surface area contributed by atoms with Crippen molar-refractivity contribution in [2.24, 2.45) is 16.8 Å². The first kappa shape index (κ1) is 8.97. The molecule has 4 N–H and O–H groups in total. The van der Waals surface area contributed by atoms with Gasteiger partial charge in [0.2, 0.25) is 0 Å². The van der Waals surface area contributed by atoms with Crippen molar-refractivity contribution in [2.75, 3.05) is 0 Å². The van der Waals surface area contributed by atoms with E-state index in [0.717, 1.165) is 12.1 Å². The number of rotatable bonds is 2. The first-order valence-corrected chi connectivity index (χ1v) is 5.46. The number of hydrazine groups is 1. The summed E-state index contributed by atoms with van der Waals surface area (Å²) in [6, 6.07) is 0. The fourth-order valence-corrected chi connectivity index (χ4v) is 2.25. The van der Waals surface area contributed by atoms with Crippen molar-refractivity contribution in [1.29, 1.82) is 0 Å². The number of hydrogen-bond donors (Lipinski definition) is 3. The van der Waals surface area contributed by atoms with Crippen molar-refractivity contribution in [3.63, 3.8) is 0 Å². The van der Waals surface area contributed by atoms with Crippen LogP contribution in [0.4, 0.5) is 0 Å². The van der Waals surface area contributed by atoms with E-state index in [2.05, 4.69) is 23.7 Å². The Kier molecular flexibility index (Phi) is 1.71. The number of nitrogens with zero attached hydrogens (tertiary/aromatic N) is 1. The number of amidine groups is 1. The van der Waals surface area contributed by atoms with E-state index in [1.165, 1.54) is 24.4 Å². The molecule has 0 amide bonds. The van der Waals surface area contributed by atoms with Gasteiger partial charge in [-0.2, -0.15) is 0 Å². The van der Waals surface area contributed by atoms with Gasteiger partial charge in [0, 0.05) is 23.7 Å². The summed E-state index contributed by atoms with van der Waals surface area (Å²) in [7, 11) is 0. The molecule has 80 valence electrons. The highest BCUT2D eigenvalue weighted by atomic mass is 15.2. The highest BCUT2D eigenvalue weighted by Gasteiger charge is 2.41. The number of fused-ring (bicyclic) bond motifs is 1. The third-order valence-corrected chi connectivity index (χ3v) is 3.35. The molecule has 3 aliphatic rings. The molecule has 15 heavy (non-hydrogen) atoms. The third-order valence-electron chi connectivity index (χ3n) is 3.35. The van der Waals surface area contributed by atoms with Crippen molar-refractivity contribution < 1.29 is 0 Å². The van der Waals surface area contributed by atoms with Gasteiger partial charge in [-0.3, -0.25) is 10.8 Å². The van der Waals surface area contributed by atoms with Gasteiger partial charge < -0.3 is 10.7 Å². The first-order valence-electron chi connectivity index (χ1n) is 5.46. The van der Waals surface area contributed by atoms with Crippen molar-refractivity contribution in [1.82, 2.24) is 10.7 Å². The fourth-order valence-electron chi connectivity index (χ4n) is 2.25. The molecule has 4 nitrogen and oxygen atoms in total. The van der Waals surface area contributed by atoms with Crippen LogP contribution in [0, 0.1) is 5.92 Å². The molecule has 1 unspecified atom stereocenters. The van der Waals surface area contributed by atoms with E-state index in [1.54, 1.807) is 0 Å². The van der Waals surface area contributed by atoms with Crippen molar-refractivity contribution >= 4 is 5.84 Å². The van der Waals surface area contributed by atoms with Gasteiger partial charge in [-0.15, -0.1) is 0 Å². The van der Waals surface area contributed by atoms with Crippen LogP contribution < -0.4 is 16.6 Å². The summed E-state index contributed by atoms with van der Waals surface area (Å²) >= 11 is 0. The van der Waals surface area contributed by atoms with Crippen LogP contribution in [0.25, 0.3) is 0 Å². The largest absolute Gasteiger partial charge is 0.345 e. The smallest absolute Gasteiger partial charge is 0.105 e. The molecule has 0 saturated heterocycles. The summed E-state index contributed by atoms with van der Waals surface area (Å²) in [5, 5.41) is 3.44. The molecule has 1 aliphatic heterocycles. The van der Waals surface area contributed by atoms with Crippen LogP contribution >= 0.6 is 0 Å². The summed E-state index contributed by atoms with van der Waals surface area (Å²) in [6.45, 7) is 2.16. The Morgan fingerprint density at radius 2 is 2.33 bits per heavy atom. The van der Waals surface area contributed by atoms with Crippen LogP contribution in [0.15, 0.2) is 28.5 Å². The molecule has 0 radical (unpaired) electrons. The minimum absolute atomic E-state index is 0.117. The molecular formula is C11H16N4. The maximum atomic E-state index is 5.44. The minimum Gasteiger partial charge on any atom is -0.345 e. The molecule has 1 fully saturated rings. The second-order valence-corrected chi connectivity index (χ2v) is 4.76. The number of nitrogens with one attached hydrogen (secondary N) is 2. The average Bonchev–Trinajstić information content (AvgIpc) is 2.99. The lowest BCUT2D eigenvalue weighted by atomic mass is 9.89. The van der Waals surface area contributed by atoms with Crippen LogP contribution in [0.3, 0.4) is 0 Å². The number of nitrogens with two attached hydrogens (primary N) is 1. The summed E-state index contributed by atoms with van der Waals surface area (Å²) < 4.78 is 0. The molecule has 2 aliphatic carbocycles. The van der Waals surface area contributed by atoms with Crippen molar-refractivity contribution in [3.05, 3.63) is 23.5 Å². The second-order valence-electron chi connectivity index (χ2n) is 4.76. The minimum atomic E-state index is -0.117. The van der Waals surface area contributed by atoms with E-state index >= 15 is 0 Å². The zero-order chi connectivity index (χ0) is 10.5. The van der Waals surface area contributed by atoms with E-state index in [9.17, 15) is 0 Å². The molecular weight excluding hydrogens is 188 g/mol. The lowest BCUT2D eigenvalue weighted by Gasteiger charge is -2.26. The third kappa shape index (κ3) is 1.36. The van der Waals surface area contributed by atoms with Gasteiger partial charge in [-0.25, -0.2) is 0 Å². The fraction of sp³-hybridized carbons (Fsp3) is 0.545. The van der Waals surface area contributed by atoms with Gasteiger partial charge in [-0.1, -0.05) is 0 Å². The standard InChI is InChI=1S/C11H16N4/c1-11-6-8(15-12)4-5-9(11)13-10(14-11)7-2-3-7/h4-5,7,15H,2-3,6,12H2,1H3,(H,13,14). The Labute approximate surface area is 89.3 Å². The molecule has 0 aromatic heterocycles. The summed E-state index contributed by atoms with van der Waals surface area (Å²) in [6.07, 6.45) is 7.53. The first-order chi connectivity index (χ1) is 7.21. The van der Waals surface area contributed by atoms with Crippen molar-refractivity contribution in [2.45, 2.75) is 31.7 Å². The Balaban J connectivity index is 1.90. The van der Waals surface area contributed by atoms with Crippen LogP contribution in [0.5, 0.6) is 0 Å². The number of allylic oxidation sites excluding steroid dienone is 2. The van der Waals surface area contributed by atoms with Gasteiger partial charge in [0.05, 0.1) is 0 Å².